The van der Waals surface area contributed by atoms with Crippen LogP contribution < -0.4 is 0 Å². The fraction of sp³-hybridized carbons (Fsp3) is 1.00. The van der Waals surface area contributed by atoms with Gasteiger partial charge in [0, 0.05) is 0 Å². The SMILES string of the molecule is OC[C@@H]1OC(I)[C@@H](O)[C@H]1O. The van der Waals surface area contributed by atoms with Gasteiger partial charge in [-0.05, 0) is 22.6 Å². The minimum atomic E-state index is -0.952. The molecule has 1 aliphatic rings. The number of hydrogen-bond donors (Lipinski definition) is 3. The van der Waals surface area contributed by atoms with Gasteiger partial charge >= 0.3 is 0 Å². The van der Waals surface area contributed by atoms with E-state index in [0.717, 1.165) is 0 Å². The summed E-state index contributed by atoms with van der Waals surface area (Å²) in [5.74, 6) is 0. The third kappa shape index (κ3) is 1.42. The Hall–Kier alpha value is 0.570. The first-order valence-electron chi connectivity index (χ1n) is 2.93. The number of alkyl halides is 1. The Balaban J connectivity index is 2.53. The Morgan fingerprint density at radius 3 is 2.10 bits per heavy atom. The molecule has 1 unspecified atom stereocenters. The second-order valence-corrected chi connectivity index (χ2v) is 3.42. The van der Waals surface area contributed by atoms with Gasteiger partial charge in [-0.2, -0.15) is 0 Å². The molecule has 1 aliphatic heterocycles. The number of hydrogen-bond acceptors (Lipinski definition) is 4. The quantitative estimate of drug-likeness (QED) is 0.412. The molecular weight excluding hydrogens is 251 g/mol. The van der Waals surface area contributed by atoms with Gasteiger partial charge < -0.3 is 20.1 Å². The maximum atomic E-state index is 9.09. The number of rotatable bonds is 1. The van der Waals surface area contributed by atoms with Crippen molar-refractivity contribution in [3.05, 3.63) is 0 Å². The maximum Gasteiger partial charge on any atom is 0.137 e. The van der Waals surface area contributed by atoms with E-state index >= 15 is 0 Å². The summed E-state index contributed by atoms with van der Waals surface area (Å²) in [5.41, 5.74) is 0. The highest BCUT2D eigenvalue weighted by Crippen LogP contribution is 2.24. The summed E-state index contributed by atoms with van der Waals surface area (Å²) in [6.45, 7) is -0.252. The van der Waals surface area contributed by atoms with E-state index in [1.807, 2.05) is 22.6 Å². The second-order valence-electron chi connectivity index (χ2n) is 2.19. The standard InChI is InChI=1S/C5H9IO4/c6-5-4(9)3(8)2(1-7)10-5/h2-5,7-9H,1H2/t2-,3-,4-,5?/m0/s1. The van der Waals surface area contributed by atoms with Crippen molar-refractivity contribution in [3.8, 4) is 0 Å². The van der Waals surface area contributed by atoms with Gasteiger partial charge in [-0.3, -0.25) is 0 Å². The van der Waals surface area contributed by atoms with Crippen LogP contribution in [0.2, 0.25) is 0 Å². The van der Waals surface area contributed by atoms with E-state index in [-0.39, 0.29) is 6.61 Å². The first kappa shape index (κ1) is 8.66. The minimum absolute atomic E-state index is 0.252. The van der Waals surface area contributed by atoms with Gasteiger partial charge in [-0.1, -0.05) is 0 Å². The number of aliphatic hydroxyl groups is 3. The van der Waals surface area contributed by atoms with Crippen LogP contribution in [0.5, 0.6) is 0 Å². The number of halogens is 1. The zero-order valence-electron chi connectivity index (χ0n) is 5.14. The molecule has 0 amide bonds. The van der Waals surface area contributed by atoms with E-state index in [4.69, 9.17) is 20.1 Å². The van der Waals surface area contributed by atoms with Crippen LogP contribution in [0.25, 0.3) is 0 Å². The highest BCUT2D eigenvalue weighted by Gasteiger charge is 2.40. The lowest BCUT2D eigenvalue weighted by Crippen LogP contribution is -2.32. The van der Waals surface area contributed by atoms with Crippen LogP contribution in [-0.4, -0.2) is 44.3 Å². The molecular formula is C5H9IO4. The normalized spacial score (nSPS) is 48.0. The van der Waals surface area contributed by atoms with Crippen molar-refractivity contribution in [1.29, 1.82) is 0 Å². The first-order chi connectivity index (χ1) is 4.66. The van der Waals surface area contributed by atoms with Crippen LogP contribution >= 0.6 is 22.6 Å². The van der Waals surface area contributed by atoms with Gasteiger partial charge in [-0.15, -0.1) is 0 Å². The van der Waals surface area contributed by atoms with Gasteiger partial charge in [0.1, 0.15) is 22.4 Å². The summed E-state index contributed by atoms with van der Waals surface area (Å²) in [4.78, 5) is 0. The van der Waals surface area contributed by atoms with Crippen molar-refractivity contribution < 1.29 is 20.1 Å². The monoisotopic (exact) mass is 260 g/mol. The molecule has 0 saturated carbocycles. The van der Waals surface area contributed by atoms with Crippen molar-refractivity contribution in [2.24, 2.45) is 0 Å². The molecule has 4 nitrogen and oxygen atoms in total. The topological polar surface area (TPSA) is 69.9 Å². The second kappa shape index (κ2) is 3.31. The molecule has 0 bridgehead atoms. The summed E-state index contributed by atoms with van der Waals surface area (Å²) < 4.78 is 4.56. The van der Waals surface area contributed by atoms with Gasteiger partial charge in [-0.25, -0.2) is 0 Å². The molecule has 1 saturated heterocycles. The molecule has 0 aliphatic carbocycles. The maximum absolute atomic E-state index is 9.09. The lowest BCUT2D eigenvalue weighted by molar-refractivity contribution is -0.00699. The van der Waals surface area contributed by atoms with E-state index in [0.29, 0.717) is 0 Å². The average Bonchev–Trinajstić information content (AvgIpc) is 2.17. The Kier molecular flexibility index (Phi) is 2.87. The van der Waals surface area contributed by atoms with Gasteiger partial charge in [0.05, 0.1) is 6.61 Å². The predicted octanol–water partition coefficient (Wildman–Crippen LogP) is -1.14. The number of ether oxygens (including phenoxy) is 1. The minimum Gasteiger partial charge on any atom is -0.394 e. The van der Waals surface area contributed by atoms with Crippen molar-refractivity contribution in [2.75, 3.05) is 6.61 Å². The third-order valence-electron chi connectivity index (χ3n) is 1.48. The summed E-state index contributed by atoms with van der Waals surface area (Å²) in [6.07, 6.45) is -2.46. The van der Waals surface area contributed by atoms with E-state index < -0.39 is 22.4 Å². The molecule has 1 heterocycles. The fourth-order valence-corrected chi connectivity index (χ4v) is 1.66. The Bertz CT molecular complexity index is 120. The van der Waals surface area contributed by atoms with E-state index in [1.54, 1.807) is 0 Å². The lowest BCUT2D eigenvalue weighted by atomic mass is 10.2. The highest BCUT2D eigenvalue weighted by atomic mass is 127. The van der Waals surface area contributed by atoms with Crippen molar-refractivity contribution in [1.82, 2.24) is 0 Å². The summed E-state index contributed by atoms with van der Waals surface area (Å²) >= 11 is 1.87. The molecule has 10 heavy (non-hydrogen) atoms. The molecule has 0 aromatic heterocycles. The molecule has 5 heteroatoms. The summed E-state index contributed by atoms with van der Waals surface area (Å²) in [5, 5.41) is 26.7. The van der Waals surface area contributed by atoms with E-state index in [1.165, 1.54) is 0 Å². The molecule has 60 valence electrons. The molecule has 0 aromatic carbocycles. The van der Waals surface area contributed by atoms with Crippen LogP contribution in [0.15, 0.2) is 0 Å². The van der Waals surface area contributed by atoms with Gasteiger partial charge in [0.2, 0.25) is 0 Å². The first-order valence-corrected chi connectivity index (χ1v) is 4.18. The van der Waals surface area contributed by atoms with Gasteiger partial charge in [0.25, 0.3) is 0 Å². The zero-order valence-corrected chi connectivity index (χ0v) is 7.30. The lowest BCUT2D eigenvalue weighted by Gasteiger charge is -2.09. The Morgan fingerprint density at radius 2 is 1.90 bits per heavy atom. The molecule has 3 N–H and O–H groups in total. The van der Waals surface area contributed by atoms with Crippen molar-refractivity contribution in [3.63, 3.8) is 0 Å². The Morgan fingerprint density at radius 1 is 1.30 bits per heavy atom. The number of aliphatic hydroxyl groups excluding tert-OH is 3. The van der Waals surface area contributed by atoms with Crippen LogP contribution in [0.4, 0.5) is 0 Å². The van der Waals surface area contributed by atoms with Crippen molar-refractivity contribution in [2.45, 2.75) is 22.4 Å². The van der Waals surface area contributed by atoms with E-state index in [2.05, 4.69) is 0 Å². The van der Waals surface area contributed by atoms with E-state index in [9.17, 15) is 0 Å². The van der Waals surface area contributed by atoms with Crippen LogP contribution in [0.3, 0.4) is 0 Å². The molecule has 1 rings (SSSR count). The molecule has 0 aromatic rings. The molecule has 1 fully saturated rings. The molecule has 4 atom stereocenters. The predicted molar refractivity (Wildman–Crippen MR) is 41.8 cm³/mol. The zero-order chi connectivity index (χ0) is 7.72. The molecule has 0 spiro atoms. The van der Waals surface area contributed by atoms with Crippen LogP contribution in [-0.2, 0) is 4.74 Å². The smallest absolute Gasteiger partial charge is 0.137 e. The van der Waals surface area contributed by atoms with Crippen LogP contribution in [0.1, 0.15) is 0 Å². The largest absolute Gasteiger partial charge is 0.394 e. The Labute approximate surface area is 72.0 Å². The average molecular weight is 260 g/mol. The summed E-state index contributed by atoms with van der Waals surface area (Å²) in [6, 6.07) is 0. The van der Waals surface area contributed by atoms with Crippen LogP contribution in [0, 0.1) is 0 Å². The molecule has 0 radical (unpaired) electrons. The van der Waals surface area contributed by atoms with Crippen molar-refractivity contribution >= 4 is 22.6 Å². The third-order valence-corrected chi connectivity index (χ3v) is 2.51. The fourth-order valence-electron chi connectivity index (χ4n) is 0.854. The van der Waals surface area contributed by atoms with Gasteiger partial charge in [0.15, 0.2) is 0 Å². The highest BCUT2D eigenvalue weighted by molar-refractivity contribution is 14.1. The summed E-state index contributed by atoms with van der Waals surface area (Å²) in [7, 11) is 0.